The lowest BCUT2D eigenvalue weighted by Crippen LogP contribution is -2.02. The molecule has 0 N–H and O–H groups in total. The summed E-state index contributed by atoms with van der Waals surface area (Å²) >= 11 is 0. The van der Waals surface area contributed by atoms with Crippen LogP contribution in [0.25, 0.3) is 0 Å². The van der Waals surface area contributed by atoms with Crippen LogP contribution in [0.5, 0.6) is 0 Å². The molecular weight excluding hydrogens is 268 g/mol. The summed E-state index contributed by atoms with van der Waals surface area (Å²) in [6, 6.07) is 21.4. The van der Waals surface area contributed by atoms with Crippen LogP contribution in [0.3, 0.4) is 0 Å². The molecule has 116 valence electrons. The van der Waals surface area contributed by atoms with Crippen molar-refractivity contribution in [3.63, 3.8) is 0 Å². The summed E-state index contributed by atoms with van der Waals surface area (Å²) in [5.74, 6) is 0. The van der Waals surface area contributed by atoms with Gasteiger partial charge in [0.25, 0.3) is 0 Å². The van der Waals surface area contributed by atoms with E-state index in [4.69, 9.17) is 0 Å². The molecule has 2 aromatic rings. The van der Waals surface area contributed by atoms with E-state index >= 15 is 0 Å². The summed E-state index contributed by atoms with van der Waals surface area (Å²) in [7, 11) is 0. The van der Waals surface area contributed by atoms with Gasteiger partial charge in [-0.05, 0) is 24.0 Å². The minimum atomic E-state index is 1.21. The summed E-state index contributed by atoms with van der Waals surface area (Å²) in [4.78, 5) is 4.90. The van der Waals surface area contributed by atoms with Gasteiger partial charge in [0.15, 0.2) is 0 Å². The molecule has 0 aromatic heterocycles. The summed E-state index contributed by atoms with van der Waals surface area (Å²) in [5, 5.41) is 0. The molecule has 0 unspecified atom stereocenters. The highest BCUT2D eigenvalue weighted by molar-refractivity contribution is 5.15. The molecule has 2 aliphatic heterocycles. The number of nitrogens with zero attached hydrogens (tertiary/aromatic N) is 2. The van der Waals surface area contributed by atoms with Crippen LogP contribution in [-0.4, -0.2) is 49.1 Å². The van der Waals surface area contributed by atoms with E-state index in [0.717, 1.165) is 0 Å². The Labute approximate surface area is 134 Å². The van der Waals surface area contributed by atoms with Crippen molar-refractivity contribution < 1.29 is 0 Å². The van der Waals surface area contributed by atoms with Gasteiger partial charge in [0.2, 0.25) is 0 Å². The molecule has 0 spiro atoms. The summed E-state index contributed by atoms with van der Waals surface area (Å²) in [5.41, 5.74) is 2.92. The molecule has 0 saturated carbocycles. The van der Waals surface area contributed by atoms with E-state index < -0.39 is 0 Å². The SMILES string of the molecule is c1ccc(CCN2CC2)cc1.c1ccc(CCN2CC2)cc1. The predicted molar refractivity (Wildman–Crippen MR) is 93.2 cm³/mol. The van der Waals surface area contributed by atoms with Gasteiger partial charge in [-0.25, -0.2) is 0 Å². The van der Waals surface area contributed by atoms with Crippen molar-refractivity contribution in [3.8, 4) is 0 Å². The van der Waals surface area contributed by atoms with Crippen LogP contribution in [0.4, 0.5) is 0 Å². The monoisotopic (exact) mass is 294 g/mol. The summed E-state index contributed by atoms with van der Waals surface area (Å²) in [6.45, 7) is 7.73. The average molecular weight is 294 g/mol. The third-order valence-corrected chi connectivity index (χ3v) is 4.20. The molecule has 0 bridgehead atoms. The first-order chi connectivity index (χ1) is 10.9. The standard InChI is InChI=1S/2C10H13N/c2*1-2-4-10(5-3-1)6-7-11-8-9-11/h2*1-5H,6-9H2. The van der Waals surface area contributed by atoms with Crippen molar-refractivity contribution in [1.82, 2.24) is 9.80 Å². The van der Waals surface area contributed by atoms with Gasteiger partial charge < -0.3 is 9.80 Å². The lowest BCUT2D eigenvalue weighted by Gasteiger charge is -1.99. The van der Waals surface area contributed by atoms with E-state index in [9.17, 15) is 0 Å². The third kappa shape index (κ3) is 6.00. The molecule has 2 saturated heterocycles. The van der Waals surface area contributed by atoms with Crippen LogP contribution < -0.4 is 0 Å². The molecule has 2 heterocycles. The van der Waals surface area contributed by atoms with Crippen LogP contribution in [0.1, 0.15) is 11.1 Å². The van der Waals surface area contributed by atoms with E-state index in [1.807, 2.05) is 0 Å². The Kier molecular flexibility index (Phi) is 5.63. The molecular formula is C20H26N2. The van der Waals surface area contributed by atoms with Crippen molar-refractivity contribution in [2.24, 2.45) is 0 Å². The van der Waals surface area contributed by atoms with Gasteiger partial charge in [-0.3, -0.25) is 0 Å². The average Bonchev–Trinajstić information content (AvgIpc) is 3.49. The normalized spacial score (nSPS) is 16.7. The third-order valence-electron chi connectivity index (χ3n) is 4.20. The molecule has 0 amide bonds. The maximum Gasteiger partial charge on any atom is 0.0110 e. The van der Waals surface area contributed by atoms with Crippen LogP contribution in [0.15, 0.2) is 60.7 Å². The molecule has 0 aliphatic carbocycles. The molecule has 4 rings (SSSR count). The quantitative estimate of drug-likeness (QED) is 0.755. The Hall–Kier alpha value is -1.64. The Morgan fingerprint density at radius 2 is 0.909 bits per heavy atom. The van der Waals surface area contributed by atoms with Crippen molar-refractivity contribution in [2.75, 3.05) is 39.3 Å². The molecule has 2 fully saturated rings. The second kappa shape index (κ2) is 8.11. The van der Waals surface area contributed by atoms with Gasteiger partial charge in [-0.2, -0.15) is 0 Å². The van der Waals surface area contributed by atoms with E-state index in [1.165, 1.54) is 63.2 Å². The highest BCUT2D eigenvalue weighted by Gasteiger charge is 2.16. The highest BCUT2D eigenvalue weighted by atomic mass is 15.3. The topological polar surface area (TPSA) is 6.02 Å². The minimum absolute atomic E-state index is 1.21. The van der Waals surface area contributed by atoms with Gasteiger partial charge in [0, 0.05) is 39.3 Å². The smallest absolute Gasteiger partial charge is 0.0110 e. The molecule has 0 atom stereocenters. The first kappa shape index (κ1) is 15.3. The van der Waals surface area contributed by atoms with Crippen molar-refractivity contribution >= 4 is 0 Å². The van der Waals surface area contributed by atoms with Crippen LogP contribution >= 0.6 is 0 Å². The Morgan fingerprint density at radius 1 is 0.545 bits per heavy atom. The summed E-state index contributed by atoms with van der Waals surface area (Å²) in [6.07, 6.45) is 2.42. The molecule has 2 heteroatoms. The van der Waals surface area contributed by atoms with Gasteiger partial charge in [0.1, 0.15) is 0 Å². The Bertz CT molecular complexity index is 479. The van der Waals surface area contributed by atoms with Gasteiger partial charge in [-0.1, -0.05) is 60.7 Å². The van der Waals surface area contributed by atoms with Crippen molar-refractivity contribution in [1.29, 1.82) is 0 Å². The highest BCUT2D eigenvalue weighted by Crippen LogP contribution is 2.07. The number of benzene rings is 2. The fourth-order valence-electron chi connectivity index (χ4n) is 2.45. The number of hydrogen-bond donors (Lipinski definition) is 0. The predicted octanol–water partition coefficient (Wildman–Crippen LogP) is 3.09. The fourth-order valence-corrected chi connectivity index (χ4v) is 2.45. The Morgan fingerprint density at radius 3 is 1.23 bits per heavy atom. The van der Waals surface area contributed by atoms with Crippen molar-refractivity contribution in [3.05, 3.63) is 71.8 Å². The molecule has 2 aromatic carbocycles. The molecule has 22 heavy (non-hydrogen) atoms. The first-order valence-corrected chi connectivity index (χ1v) is 8.43. The van der Waals surface area contributed by atoms with Crippen LogP contribution in [0, 0.1) is 0 Å². The van der Waals surface area contributed by atoms with Gasteiger partial charge in [0.05, 0.1) is 0 Å². The zero-order valence-electron chi connectivity index (χ0n) is 13.3. The zero-order chi connectivity index (χ0) is 15.0. The lowest BCUT2D eigenvalue weighted by atomic mass is 10.1. The Balaban J connectivity index is 0.000000131. The van der Waals surface area contributed by atoms with E-state index in [2.05, 4.69) is 70.5 Å². The largest absolute Gasteiger partial charge is 0.300 e. The minimum Gasteiger partial charge on any atom is -0.300 e. The number of hydrogen-bond acceptors (Lipinski definition) is 2. The van der Waals surface area contributed by atoms with Crippen LogP contribution in [0.2, 0.25) is 0 Å². The maximum absolute atomic E-state index is 2.45. The second-order valence-electron chi connectivity index (χ2n) is 6.15. The van der Waals surface area contributed by atoms with Crippen molar-refractivity contribution in [2.45, 2.75) is 12.8 Å². The first-order valence-electron chi connectivity index (χ1n) is 8.43. The van der Waals surface area contributed by atoms with Crippen LogP contribution in [-0.2, 0) is 12.8 Å². The molecule has 2 aliphatic rings. The number of rotatable bonds is 6. The molecule has 2 nitrogen and oxygen atoms in total. The van der Waals surface area contributed by atoms with E-state index in [-0.39, 0.29) is 0 Å². The zero-order valence-corrected chi connectivity index (χ0v) is 13.3. The fraction of sp³-hybridized carbons (Fsp3) is 0.400. The maximum atomic E-state index is 2.45. The summed E-state index contributed by atoms with van der Waals surface area (Å²) < 4.78 is 0. The van der Waals surface area contributed by atoms with E-state index in [1.54, 1.807) is 0 Å². The molecule has 0 radical (unpaired) electrons. The van der Waals surface area contributed by atoms with Gasteiger partial charge >= 0.3 is 0 Å². The van der Waals surface area contributed by atoms with Gasteiger partial charge in [-0.15, -0.1) is 0 Å². The van der Waals surface area contributed by atoms with E-state index in [0.29, 0.717) is 0 Å². The lowest BCUT2D eigenvalue weighted by molar-refractivity contribution is 0.561. The second-order valence-corrected chi connectivity index (χ2v) is 6.15.